The van der Waals surface area contributed by atoms with Gasteiger partial charge in [-0.2, -0.15) is 0 Å². The van der Waals surface area contributed by atoms with Crippen molar-refractivity contribution in [1.82, 2.24) is 10.2 Å². The zero-order chi connectivity index (χ0) is 26.0. The first-order chi connectivity index (χ1) is 16.6. The fraction of sp³-hybridized carbons (Fsp3) is 0.481. The first kappa shape index (κ1) is 28.4. The third-order valence-corrected chi connectivity index (χ3v) is 7.04. The maximum absolute atomic E-state index is 13.7. The summed E-state index contributed by atoms with van der Waals surface area (Å²) < 4.78 is 26.9. The molecule has 0 unspecified atom stereocenters. The van der Waals surface area contributed by atoms with Crippen LogP contribution in [0.3, 0.4) is 0 Å². The van der Waals surface area contributed by atoms with Crippen molar-refractivity contribution in [3.8, 4) is 0 Å². The molecule has 192 valence electrons. The molecule has 0 spiro atoms. The molecule has 0 heterocycles. The molecule has 0 radical (unpaired) electrons. The van der Waals surface area contributed by atoms with E-state index in [2.05, 4.69) is 5.32 Å². The molecule has 0 aliphatic rings. The smallest absolute Gasteiger partial charge is 0.244 e. The van der Waals surface area contributed by atoms with Gasteiger partial charge in [0.25, 0.3) is 0 Å². The molecule has 0 saturated heterocycles. The molecule has 0 aliphatic heterocycles. The van der Waals surface area contributed by atoms with E-state index in [1.54, 1.807) is 12.1 Å². The second kappa shape index (κ2) is 13.3. The van der Waals surface area contributed by atoms with Crippen LogP contribution in [0.2, 0.25) is 0 Å². The Morgan fingerprint density at radius 2 is 1.60 bits per heavy atom. The van der Waals surface area contributed by atoms with E-state index in [1.165, 1.54) is 4.90 Å². The first-order valence-electron chi connectivity index (χ1n) is 12.3. The van der Waals surface area contributed by atoms with E-state index < -0.39 is 22.0 Å². The van der Waals surface area contributed by atoms with Gasteiger partial charge in [-0.05, 0) is 36.0 Å². The van der Waals surface area contributed by atoms with Gasteiger partial charge in [0.2, 0.25) is 21.8 Å². The van der Waals surface area contributed by atoms with Crippen molar-refractivity contribution in [3.63, 3.8) is 0 Å². The Bertz CT molecular complexity index is 1070. The molecular weight excluding hydrogens is 462 g/mol. The fourth-order valence-electron chi connectivity index (χ4n) is 4.00. The third kappa shape index (κ3) is 8.09. The number of hydrogen-bond donors (Lipinski definition) is 1. The second-order valence-corrected chi connectivity index (χ2v) is 11.0. The highest BCUT2D eigenvalue weighted by Gasteiger charge is 2.32. The number of rotatable bonds is 13. The number of hydrogen-bond acceptors (Lipinski definition) is 4. The average molecular weight is 502 g/mol. The summed E-state index contributed by atoms with van der Waals surface area (Å²) in [4.78, 5) is 28.3. The molecule has 1 N–H and O–H groups in total. The van der Waals surface area contributed by atoms with Gasteiger partial charge in [-0.15, -0.1) is 0 Å². The molecule has 0 bridgehead atoms. The van der Waals surface area contributed by atoms with Crippen LogP contribution in [-0.4, -0.2) is 50.5 Å². The van der Waals surface area contributed by atoms with Gasteiger partial charge >= 0.3 is 0 Å². The van der Waals surface area contributed by atoms with Crippen molar-refractivity contribution in [2.24, 2.45) is 0 Å². The minimum absolute atomic E-state index is 0.0682. The number of anilines is 1. The fourth-order valence-corrected chi connectivity index (χ4v) is 4.87. The lowest BCUT2D eigenvalue weighted by molar-refractivity contribution is -0.140. The molecule has 2 amide bonds. The van der Waals surface area contributed by atoms with Crippen molar-refractivity contribution in [2.75, 3.05) is 23.7 Å². The molecule has 8 heteroatoms. The van der Waals surface area contributed by atoms with Crippen LogP contribution < -0.4 is 9.62 Å². The van der Waals surface area contributed by atoms with Crippen LogP contribution in [0.25, 0.3) is 0 Å². The van der Waals surface area contributed by atoms with Gasteiger partial charge < -0.3 is 10.2 Å². The largest absolute Gasteiger partial charge is 0.354 e. The Kier molecular flexibility index (Phi) is 10.8. The van der Waals surface area contributed by atoms with Crippen molar-refractivity contribution in [1.29, 1.82) is 0 Å². The van der Waals surface area contributed by atoms with Gasteiger partial charge in [-0.3, -0.25) is 13.9 Å². The Hall–Kier alpha value is -2.87. The van der Waals surface area contributed by atoms with E-state index in [0.29, 0.717) is 18.7 Å². The number of nitrogens with zero attached hydrogens (tertiary/aromatic N) is 2. The average Bonchev–Trinajstić information content (AvgIpc) is 2.82. The quantitative estimate of drug-likeness (QED) is 0.415. The number of benzene rings is 2. The van der Waals surface area contributed by atoms with E-state index in [1.807, 2.05) is 70.2 Å². The topological polar surface area (TPSA) is 86.8 Å². The maximum Gasteiger partial charge on any atom is 0.244 e. The standard InChI is InChI=1S/C27H39N3O4S/c1-6-8-18-28-27(32)24(7-2)29(19-22-14-10-9-11-15-22)26(31)20-30(35(5,33)34)25-17-13-12-16-23(25)21(3)4/h9-17,21,24H,6-8,18-20H2,1-5H3,(H,28,32)/t24-/m0/s1. The first-order valence-corrected chi connectivity index (χ1v) is 14.1. The second-order valence-electron chi connectivity index (χ2n) is 9.06. The van der Waals surface area contributed by atoms with Crippen molar-refractivity contribution in [3.05, 3.63) is 65.7 Å². The highest BCUT2D eigenvalue weighted by molar-refractivity contribution is 7.92. The van der Waals surface area contributed by atoms with Crippen LogP contribution in [0.1, 0.15) is 64.0 Å². The molecule has 2 aromatic carbocycles. The number of sulfonamides is 1. The van der Waals surface area contributed by atoms with Gasteiger partial charge in [0.15, 0.2) is 0 Å². The molecule has 0 aromatic heterocycles. The molecule has 2 aromatic rings. The van der Waals surface area contributed by atoms with Gasteiger partial charge in [0, 0.05) is 13.1 Å². The predicted molar refractivity (Wildman–Crippen MR) is 142 cm³/mol. The Balaban J connectivity index is 2.44. The normalized spacial score (nSPS) is 12.3. The molecule has 35 heavy (non-hydrogen) atoms. The lowest BCUT2D eigenvalue weighted by atomic mass is 10.0. The zero-order valence-corrected chi connectivity index (χ0v) is 22.3. The highest BCUT2D eigenvalue weighted by Crippen LogP contribution is 2.29. The Morgan fingerprint density at radius 3 is 2.17 bits per heavy atom. The molecule has 1 atom stereocenters. The molecule has 0 aliphatic carbocycles. The van der Waals surface area contributed by atoms with E-state index in [-0.39, 0.29) is 24.9 Å². The van der Waals surface area contributed by atoms with Gasteiger partial charge in [-0.1, -0.05) is 82.6 Å². The summed E-state index contributed by atoms with van der Waals surface area (Å²) in [5.74, 6) is -0.576. The molecule has 0 saturated carbocycles. The summed E-state index contributed by atoms with van der Waals surface area (Å²) in [5, 5.41) is 2.93. The summed E-state index contributed by atoms with van der Waals surface area (Å²) in [6.07, 6.45) is 3.32. The van der Waals surface area contributed by atoms with Crippen LogP contribution >= 0.6 is 0 Å². The summed E-state index contributed by atoms with van der Waals surface area (Å²) in [6, 6.07) is 15.9. The number of carbonyl (C=O) groups excluding carboxylic acids is 2. The van der Waals surface area contributed by atoms with Crippen LogP contribution in [0, 0.1) is 0 Å². The summed E-state index contributed by atoms with van der Waals surface area (Å²) in [6.45, 7) is 8.24. The van der Waals surface area contributed by atoms with Crippen molar-refractivity contribution < 1.29 is 18.0 Å². The summed E-state index contributed by atoms with van der Waals surface area (Å²) in [7, 11) is -3.76. The van der Waals surface area contributed by atoms with Crippen LogP contribution in [0.5, 0.6) is 0 Å². The molecule has 0 fully saturated rings. The minimum Gasteiger partial charge on any atom is -0.354 e. The van der Waals surface area contributed by atoms with E-state index in [9.17, 15) is 18.0 Å². The molecule has 7 nitrogen and oxygen atoms in total. The maximum atomic E-state index is 13.7. The SMILES string of the molecule is CCCCNC(=O)[C@H](CC)N(Cc1ccccc1)C(=O)CN(c1ccccc1C(C)C)S(C)(=O)=O. The van der Waals surface area contributed by atoms with Gasteiger partial charge in [-0.25, -0.2) is 8.42 Å². The molecule has 2 rings (SSSR count). The summed E-state index contributed by atoms with van der Waals surface area (Å²) in [5.41, 5.74) is 2.19. The van der Waals surface area contributed by atoms with E-state index in [4.69, 9.17) is 0 Å². The lowest BCUT2D eigenvalue weighted by Crippen LogP contribution is -2.52. The van der Waals surface area contributed by atoms with Crippen molar-refractivity contribution >= 4 is 27.5 Å². The number of para-hydroxylation sites is 1. The third-order valence-electron chi connectivity index (χ3n) is 5.92. The molecular formula is C27H39N3O4S. The van der Waals surface area contributed by atoms with Crippen LogP contribution in [-0.2, 0) is 26.2 Å². The van der Waals surface area contributed by atoms with E-state index >= 15 is 0 Å². The van der Waals surface area contributed by atoms with Crippen LogP contribution in [0.4, 0.5) is 5.69 Å². The minimum atomic E-state index is -3.76. The highest BCUT2D eigenvalue weighted by atomic mass is 32.2. The number of unbranched alkanes of at least 4 members (excludes halogenated alkanes) is 1. The lowest BCUT2D eigenvalue weighted by Gasteiger charge is -2.33. The zero-order valence-electron chi connectivity index (χ0n) is 21.5. The Labute approximate surface area is 210 Å². The number of amides is 2. The Morgan fingerprint density at radius 1 is 0.971 bits per heavy atom. The van der Waals surface area contributed by atoms with Gasteiger partial charge in [0.05, 0.1) is 11.9 Å². The predicted octanol–water partition coefficient (Wildman–Crippen LogP) is 4.30. The number of nitrogens with one attached hydrogen (secondary N) is 1. The van der Waals surface area contributed by atoms with Gasteiger partial charge in [0.1, 0.15) is 12.6 Å². The summed E-state index contributed by atoms with van der Waals surface area (Å²) >= 11 is 0. The monoisotopic (exact) mass is 501 g/mol. The van der Waals surface area contributed by atoms with E-state index in [0.717, 1.165) is 34.5 Å². The van der Waals surface area contributed by atoms with Crippen molar-refractivity contribution in [2.45, 2.75) is 65.5 Å². The number of carbonyl (C=O) groups is 2. The van der Waals surface area contributed by atoms with Crippen LogP contribution in [0.15, 0.2) is 54.6 Å².